The van der Waals surface area contributed by atoms with Gasteiger partial charge in [0.2, 0.25) is 11.8 Å². The lowest BCUT2D eigenvalue weighted by molar-refractivity contribution is -0.121. The van der Waals surface area contributed by atoms with Crippen molar-refractivity contribution in [2.45, 2.75) is 77.7 Å². The molecule has 3 heterocycles. The number of hydrogen-bond acceptors (Lipinski definition) is 6. The van der Waals surface area contributed by atoms with E-state index in [0.717, 1.165) is 79.3 Å². The van der Waals surface area contributed by atoms with Crippen LogP contribution in [-0.4, -0.2) is 59.5 Å². The summed E-state index contributed by atoms with van der Waals surface area (Å²) in [5.74, 6) is 1.14. The number of amides is 1. The van der Waals surface area contributed by atoms with Crippen molar-refractivity contribution in [3.8, 4) is 5.88 Å². The molecule has 6 nitrogen and oxygen atoms in total. The van der Waals surface area contributed by atoms with Crippen molar-refractivity contribution >= 4 is 17.2 Å². The van der Waals surface area contributed by atoms with Crippen LogP contribution in [0.15, 0.2) is 12.3 Å². The second-order valence-corrected chi connectivity index (χ2v) is 11.2. The third kappa shape index (κ3) is 7.67. The second-order valence-electron chi connectivity index (χ2n) is 9.86. The minimum atomic E-state index is -2.50. The zero-order valence-electron chi connectivity index (χ0n) is 20.7. The number of aryl methyl sites for hydroxylation is 2. The number of nitrogens with one attached hydrogen (secondary N) is 1. The molecule has 0 aromatic carbocycles. The highest BCUT2D eigenvalue weighted by molar-refractivity contribution is 7.11. The van der Waals surface area contributed by atoms with E-state index in [1.165, 1.54) is 12.0 Å². The van der Waals surface area contributed by atoms with Gasteiger partial charge in [-0.25, -0.2) is 18.7 Å². The molecule has 1 N–H and O–H groups in total. The number of hydrogen-bond donors (Lipinski definition) is 1. The molecule has 2 aromatic rings. The number of halogens is 2. The van der Waals surface area contributed by atoms with Gasteiger partial charge >= 0.3 is 0 Å². The fraction of sp³-hybridized carbons (Fsp3) is 0.654. The molecular formula is C26H36F2N4O2S. The lowest BCUT2D eigenvalue weighted by Crippen LogP contribution is -2.38. The zero-order valence-corrected chi connectivity index (χ0v) is 21.5. The molecule has 1 fully saturated rings. The van der Waals surface area contributed by atoms with Gasteiger partial charge in [0.1, 0.15) is 0 Å². The van der Waals surface area contributed by atoms with Gasteiger partial charge in [-0.3, -0.25) is 4.79 Å². The minimum absolute atomic E-state index is 0.104. The number of fused-ring (bicyclic) bond motifs is 1. The molecule has 0 radical (unpaired) electrons. The van der Waals surface area contributed by atoms with E-state index in [1.54, 1.807) is 17.5 Å². The Morgan fingerprint density at radius 1 is 1.23 bits per heavy atom. The summed E-state index contributed by atoms with van der Waals surface area (Å²) in [5, 5.41) is 4.21. The summed E-state index contributed by atoms with van der Waals surface area (Å²) in [6.45, 7) is 6.20. The zero-order chi connectivity index (χ0) is 24.8. The van der Waals surface area contributed by atoms with Crippen LogP contribution in [0.3, 0.4) is 0 Å². The molecule has 0 bridgehead atoms. The largest absolute Gasteiger partial charge is 0.471 e. The van der Waals surface area contributed by atoms with Crippen molar-refractivity contribution in [3.05, 3.63) is 39.0 Å². The highest BCUT2D eigenvalue weighted by Gasteiger charge is 2.24. The fourth-order valence-electron chi connectivity index (χ4n) is 5.17. The predicted molar refractivity (Wildman–Crippen MR) is 133 cm³/mol. The van der Waals surface area contributed by atoms with Crippen LogP contribution in [0.2, 0.25) is 0 Å². The van der Waals surface area contributed by atoms with Crippen LogP contribution < -0.4 is 10.1 Å². The number of pyridine rings is 1. The maximum Gasteiger partial charge on any atom is 0.272 e. The number of thiazole rings is 1. The lowest BCUT2D eigenvalue weighted by Gasteiger charge is -2.30. The van der Waals surface area contributed by atoms with Gasteiger partial charge in [-0.1, -0.05) is 0 Å². The minimum Gasteiger partial charge on any atom is -0.471 e. The number of alkyl halides is 2. The number of ether oxygens (including phenoxy) is 1. The molecule has 0 atom stereocenters. The number of carbonyl (C=O) groups is 1. The molecule has 4 rings (SSSR count). The average Bonchev–Trinajstić information content (AvgIpc) is 3.12. The molecule has 0 unspecified atom stereocenters. The summed E-state index contributed by atoms with van der Waals surface area (Å²) in [6, 6.07) is 2.34. The lowest BCUT2D eigenvalue weighted by atomic mass is 9.84. The molecule has 1 saturated carbocycles. The fourth-order valence-corrected chi connectivity index (χ4v) is 5.97. The Hall–Kier alpha value is -2.13. The first-order chi connectivity index (χ1) is 16.9. The predicted octanol–water partition coefficient (Wildman–Crippen LogP) is 4.51. The number of carbonyl (C=O) groups excluding carboxylic acids is 1. The van der Waals surface area contributed by atoms with Crippen LogP contribution in [0.5, 0.6) is 5.88 Å². The smallest absolute Gasteiger partial charge is 0.272 e. The van der Waals surface area contributed by atoms with E-state index in [2.05, 4.69) is 26.3 Å². The van der Waals surface area contributed by atoms with Gasteiger partial charge < -0.3 is 15.0 Å². The molecule has 1 aliphatic carbocycles. The number of rotatable bonds is 9. The van der Waals surface area contributed by atoms with E-state index < -0.39 is 13.0 Å². The molecule has 9 heteroatoms. The highest BCUT2D eigenvalue weighted by atomic mass is 32.1. The van der Waals surface area contributed by atoms with Gasteiger partial charge in [0.15, 0.2) is 6.61 Å². The van der Waals surface area contributed by atoms with Gasteiger partial charge in [0.05, 0.1) is 11.4 Å². The Balaban J connectivity index is 1.17. The maximum absolute atomic E-state index is 12.5. The Kier molecular flexibility index (Phi) is 9.05. The molecule has 0 saturated heterocycles. The van der Waals surface area contributed by atoms with Gasteiger partial charge in [-0.2, -0.15) is 0 Å². The first-order valence-electron chi connectivity index (χ1n) is 12.7. The summed E-state index contributed by atoms with van der Waals surface area (Å²) >= 11 is 1.59. The van der Waals surface area contributed by atoms with E-state index in [-0.39, 0.29) is 11.9 Å². The summed E-state index contributed by atoms with van der Waals surface area (Å²) in [6.07, 6.45) is 7.06. The van der Waals surface area contributed by atoms with Gasteiger partial charge in [0.25, 0.3) is 6.43 Å². The molecule has 2 aromatic heterocycles. The first kappa shape index (κ1) is 25.9. The first-order valence-corrected chi connectivity index (χ1v) is 13.5. The van der Waals surface area contributed by atoms with Crippen LogP contribution in [0.4, 0.5) is 8.78 Å². The SMILES string of the molecule is Cc1ncc(CC(=O)N[C@H]2CC[C@H](CCN3CCc4cc(C)c(OCC(F)F)nc4CC3)CC2)s1. The van der Waals surface area contributed by atoms with Crippen molar-refractivity contribution in [1.29, 1.82) is 0 Å². The molecule has 35 heavy (non-hydrogen) atoms. The van der Waals surface area contributed by atoms with Crippen LogP contribution in [0, 0.1) is 19.8 Å². The summed E-state index contributed by atoms with van der Waals surface area (Å²) in [4.78, 5) is 24.7. The summed E-state index contributed by atoms with van der Waals surface area (Å²) in [5.41, 5.74) is 3.01. The quantitative estimate of drug-likeness (QED) is 0.542. The molecule has 1 amide bonds. The third-order valence-electron chi connectivity index (χ3n) is 7.11. The Labute approximate surface area is 210 Å². The maximum atomic E-state index is 12.5. The van der Waals surface area contributed by atoms with E-state index in [0.29, 0.717) is 18.2 Å². The molecule has 1 aliphatic heterocycles. The van der Waals surface area contributed by atoms with Crippen LogP contribution in [0.25, 0.3) is 0 Å². The van der Waals surface area contributed by atoms with Crippen LogP contribution in [-0.2, 0) is 24.1 Å². The van der Waals surface area contributed by atoms with Crippen molar-refractivity contribution in [3.63, 3.8) is 0 Å². The molecule has 2 aliphatic rings. The van der Waals surface area contributed by atoms with Crippen molar-refractivity contribution in [1.82, 2.24) is 20.2 Å². The van der Waals surface area contributed by atoms with E-state index >= 15 is 0 Å². The van der Waals surface area contributed by atoms with Crippen LogP contribution in [0.1, 0.15) is 58.8 Å². The van der Waals surface area contributed by atoms with E-state index in [1.807, 2.05) is 13.8 Å². The van der Waals surface area contributed by atoms with E-state index in [4.69, 9.17) is 4.74 Å². The Morgan fingerprint density at radius 3 is 2.71 bits per heavy atom. The van der Waals surface area contributed by atoms with Gasteiger partial charge in [0, 0.05) is 47.9 Å². The molecule has 192 valence electrons. The second kappa shape index (κ2) is 12.2. The normalized spacial score (nSPS) is 20.9. The number of nitrogens with zero attached hydrogens (tertiary/aromatic N) is 3. The van der Waals surface area contributed by atoms with Crippen molar-refractivity contribution < 1.29 is 18.3 Å². The Bertz CT molecular complexity index is 992. The van der Waals surface area contributed by atoms with Crippen molar-refractivity contribution in [2.75, 3.05) is 26.2 Å². The topological polar surface area (TPSA) is 67.4 Å². The van der Waals surface area contributed by atoms with Crippen molar-refractivity contribution in [2.24, 2.45) is 5.92 Å². The van der Waals surface area contributed by atoms with Crippen LogP contribution >= 0.6 is 11.3 Å². The summed E-state index contributed by atoms with van der Waals surface area (Å²) < 4.78 is 30.3. The average molecular weight is 507 g/mol. The van der Waals surface area contributed by atoms with Gasteiger partial charge in [-0.05, 0) is 76.5 Å². The highest BCUT2D eigenvalue weighted by Crippen LogP contribution is 2.28. The molecular weight excluding hydrogens is 470 g/mol. The standard InChI is InChI=1S/C26H36F2N4O2S/c1-17-13-20-8-11-32(12-9-23(20)31-26(17)34-16-24(27)28)10-7-19-3-5-21(6-4-19)30-25(33)14-22-15-29-18(2)35-22/h13,15,19,21,24H,3-12,14,16H2,1-2H3,(H,30,33)/t19-,21-. The Morgan fingerprint density at radius 2 is 2.00 bits per heavy atom. The summed E-state index contributed by atoms with van der Waals surface area (Å²) in [7, 11) is 0. The van der Waals surface area contributed by atoms with Gasteiger partial charge in [-0.15, -0.1) is 11.3 Å². The van der Waals surface area contributed by atoms with E-state index in [9.17, 15) is 13.6 Å². The monoisotopic (exact) mass is 506 g/mol. The third-order valence-corrected chi connectivity index (χ3v) is 8.03. The number of aromatic nitrogens is 2. The molecule has 0 spiro atoms.